The summed E-state index contributed by atoms with van der Waals surface area (Å²) in [4.78, 5) is 28.5. The third-order valence-electron chi connectivity index (χ3n) is 9.08. The number of thiocarbonyl (C=S) groups is 1. The molecular formula is C24H33NO3S. The van der Waals surface area contributed by atoms with E-state index < -0.39 is 0 Å². The van der Waals surface area contributed by atoms with Crippen molar-refractivity contribution in [1.82, 2.24) is 0 Å². The Morgan fingerprint density at radius 1 is 1.21 bits per heavy atom. The van der Waals surface area contributed by atoms with E-state index >= 15 is 0 Å². The van der Waals surface area contributed by atoms with Crippen LogP contribution in [0.2, 0.25) is 0 Å². The number of aliphatic imine (C=N–C) groups is 1. The highest BCUT2D eigenvalue weighted by Crippen LogP contribution is 2.66. The molecule has 0 N–H and O–H groups in total. The van der Waals surface area contributed by atoms with Gasteiger partial charge < -0.3 is 4.74 Å². The summed E-state index contributed by atoms with van der Waals surface area (Å²) in [5.74, 6) is 1.80. The minimum atomic E-state index is -0.173. The molecule has 4 aliphatic carbocycles. The average Bonchev–Trinajstić information content (AvgIpc) is 2.94. The SMILES string of the molecule is CC(=O)O[C@H]1CC[C@@]2(C)C(=CC[C@@H]3[C@H]4C[C@H](N=C=S)[C@@H](C(C)=O)[C@@]4(C)CC[C@H]32)C1. The highest BCUT2D eigenvalue weighted by molar-refractivity contribution is 7.78. The first kappa shape index (κ1) is 20.9. The maximum absolute atomic E-state index is 12.6. The summed E-state index contributed by atoms with van der Waals surface area (Å²) in [6, 6.07) is -0.00312. The van der Waals surface area contributed by atoms with Gasteiger partial charge in [0.15, 0.2) is 0 Å². The summed E-state index contributed by atoms with van der Waals surface area (Å²) in [5.41, 5.74) is 1.71. The minimum absolute atomic E-state index is 0.00312. The van der Waals surface area contributed by atoms with Crippen LogP contribution in [0.5, 0.6) is 0 Å². The number of isothiocyanates is 1. The standard InChI is InChI=1S/C24H33NO3S/c1-14(26)22-21(25-13-29)12-20-18-6-5-16-11-17(28-15(2)27)7-9-23(16,3)19(18)8-10-24(20,22)4/h5,17-22H,6-12H2,1-4H3/t17-,18-,19+,20+,21-,22+,23-,24-/m0/s1. The van der Waals surface area contributed by atoms with Gasteiger partial charge in [-0.2, -0.15) is 0 Å². The lowest BCUT2D eigenvalue weighted by Crippen LogP contribution is -2.51. The molecule has 4 aliphatic rings. The van der Waals surface area contributed by atoms with Crippen LogP contribution in [0.1, 0.15) is 72.6 Å². The lowest BCUT2D eigenvalue weighted by atomic mass is 9.47. The van der Waals surface area contributed by atoms with Crippen LogP contribution in [-0.4, -0.2) is 29.1 Å². The number of allylic oxidation sites excluding steroid dienone is 1. The number of hydrogen-bond acceptors (Lipinski definition) is 5. The third kappa shape index (κ3) is 3.25. The Labute approximate surface area is 179 Å². The van der Waals surface area contributed by atoms with Crippen molar-refractivity contribution < 1.29 is 14.3 Å². The summed E-state index contributed by atoms with van der Waals surface area (Å²) in [6.45, 7) is 8.00. The van der Waals surface area contributed by atoms with Crippen molar-refractivity contribution in [2.24, 2.45) is 39.5 Å². The number of ketones is 1. The number of carbonyl (C=O) groups excluding carboxylic acids is 2. The summed E-state index contributed by atoms with van der Waals surface area (Å²) >= 11 is 4.91. The van der Waals surface area contributed by atoms with Gasteiger partial charge in [0.2, 0.25) is 0 Å². The molecule has 3 saturated carbocycles. The molecule has 0 amide bonds. The van der Waals surface area contributed by atoms with Crippen molar-refractivity contribution in [2.45, 2.75) is 84.8 Å². The molecular weight excluding hydrogens is 382 g/mol. The number of esters is 1. The molecule has 0 aromatic heterocycles. The van der Waals surface area contributed by atoms with Crippen molar-refractivity contribution in [2.75, 3.05) is 0 Å². The van der Waals surface area contributed by atoms with Crippen LogP contribution in [0, 0.1) is 34.5 Å². The van der Waals surface area contributed by atoms with E-state index in [1.165, 1.54) is 18.9 Å². The van der Waals surface area contributed by atoms with Crippen molar-refractivity contribution in [3.63, 3.8) is 0 Å². The number of hydrogen-bond donors (Lipinski definition) is 0. The van der Waals surface area contributed by atoms with E-state index in [0.29, 0.717) is 17.8 Å². The van der Waals surface area contributed by atoms with Crippen molar-refractivity contribution in [1.29, 1.82) is 0 Å². The minimum Gasteiger partial charge on any atom is -0.462 e. The van der Waals surface area contributed by atoms with Gasteiger partial charge in [-0.05, 0) is 86.3 Å². The fourth-order valence-electron chi connectivity index (χ4n) is 7.91. The predicted octanol–water partition coefficient (Wildman–Crippen LogP) is 5.17. The van der Waals surface area contributed by atoms with E-state index in [9.17, 15) is 9.59 Å². The summed E-state index contributed by atoms with van der Waals surface area (Å²) in [6.07, 6.45) is 9.68. The maximum atomic E-state index is 12.6. The van der Waals surface area contributed by atoms with Crippen molar-refractivity contribution in [3.8, 4) is 0 Å². The van der Waals surface area contributed by atoms with Crippen LogP contribution in [-0.2, 0) is 14.3 Å². The number of Topliss-reactive ketones (excluding diaryl/α,β-unsaturated/α-hetero) is 1. The van der Waals surface area contributed by atoms with Crippen molar-refractivity contribution >= 4 is 29.1 Å². The zero-order valence-electron chi connectivity index (χ0n) is 18.1. The second kappa shape index (κ2) is 7.42. The Balaban J connectivity index is 1.63. The molecule has 0 aliphatic heterocycles. The van der Waals surface area contributed by atoms with Crippen molar-refractivity contribution in [3.05, 3.63) is 11.6 Å². The molecule has 0 unspecified atom stereocenters. The van der Waals surface area contributed by atoms with Gasteiger partial charge in [0.05, 0.1) is 11.2 Å². The van der Waals surface area contributed by atoms with Crippen LogP contribution in [0.4, 0.5) is 0 Å². The molecule has 0 saturated heterocycles. The van der Waals surface area contributed by atoms with Gasteiger partial charge in [-0.25, -0.2) is 4.99 Å². The van der Waals surface area contributed by atoms with Gasteiger partial charge >= 0.3 is 5.97 Å². The van der Waals surface area contributed by atoms with E-state index in [0.717, 1.165) is 38.5 Å². The number of nitrogens with zero attached hydrogens (tertiary/aromatic N) is 1. The molecule has 0 aromatic rings. The molecule has 4 rings (SSSR count). The van der Waals surface area contributed by atoms with Gasteiger partial charge in [-0.1, -0.05) is 25.5 Å². The molecule has 29 heavy (non-hydrogen) atoms. The van der Waals surface area contributed by atoms with Gasteiger partial charge in [-0.3, -0.25) is 9.59 Å². The summed E-state index contributed by atoms with van der Waals surface area (Å²) in [5, 5.41) is 2.57. The number of carbonyl (C=O) groups is 2. The first-order valence-electron chi connectivity index (χ1n) is 11.1. The zero-order chi connectivity index (χ0) is 21.0. The van der Waals surface area contributed by atoms with Crippen LogP contribution in [0.15, 0.2) is 16.6 Å². The zero-order valence-corrected chi connectivity index (χ0v) is 18.9. The summed E-state index contributed by atoms with van der Waals surface area (Å²) in [7, 11) is 0. The topological polar surface area (TPSA) is 55.7 Å². The second-order valence-electron chi connectivity index (χ2n) is 10.4. The second-order valence-corrected chi connectivity index (χ2v) is 10.6. The largest absolute Gasteiger partial charge is 0.462 e. The Kier molecular flexibility index (Phi) is 5.36. The number of fused-ring (bicyclic) bond motifs is 5. The van der Waals surface area contributed by atoms with Gasteiger partial charge in [0.25, 0.3) is 0 Å². The number of ether oxygens (including phenoxy) is 1. The van der Waals surface area contributed by atoms with E-state index in [2.05, 4.69) is 30.1 Å². The van der Waals surface area contributed by atoms with E-state index in [-0.39, 0.29) is 40.6 Å². The van der Waals surface area contributed by atoms with Gasteiger partial charge in [0.1, 0.15) is 11.9 Å². The molecule has 3 fully saturated rings. The molecule has 4 nitrogen and oxygen atoms in total. The first-order valence-corrected chi connectivity index (χ1v) is 11.6. The van der Waals surface area contributed by atoms with E-state index in [1.807, 2.05) is 0 Å². The van der Waals surface area contributed by atoms with Crippen LogP contribution < -0.4 is 0 Å². The third-order valence-corrected chi connectivity index (χ3v) is 9.18. The normalized spacial score (nSPS) is 45.7. The molecule has 0 aromatic carbocycles. The highest BCUT2D eigenvalue weighted by atomic mass is 32.1. The van der Waals surface area contributed by atoms with Crippen LogP contribution >= 0.6 is 12.2 Å². The Hall–Kier alpha value is -1.32. The molecule has 0 heterocycles. The first-order chi connectivity index (χ1) is 13.7. The quantitative estimate of drug-likeness (QED) is 0.276. The lowest BCUT2D eigenvalue weighted by Gasteiger charge is -2.57. The average molecular weight is 416 g/mol. The number of rotatable bonds is 3. The molecule has 0 radical (unpaired) electrons. The van der Waals surface area contributed by atoms with Gasteiger partial charge in [0, 0.05) is 19.3 Å². The predicted molar refractivity (Wildman–Crippen MR) is 116 cm³/mol. The Bertz CT molecular complexity index is 800. The lowest BCUT2D eigenvalue weighted by molar-refractivity contribution is -0.149. The van der Waals surface area contributed by atoms with Crippen LogP contribution in [0.25, 0.3) is 0 Å². The summed E-state index contributed by atoms with van der Waals surface area (Å²) < 4.78 is 5.54. The van der Waals surface area contributed by atoms with E-state index in [4.69, 9.17) is 17.0 Å². The highest BCUT2D eigenvalue weighted by Gasteiger charge is 2.62. The molecule has 158 valence electrons. The monoisotopic (exact) mass is 415 g/mol. The Morgan fingerprint density at radius 2 is 1.97 bits per heavy atom. The smallest absolute Gasteiger partial charge is 0.302 e. The molecule has 0 spiro atoms. The van der Waals surface area contributed by atoms with Gasteiger partial charge in [-0.15, -0.1) is 0 Å². The fourth-order valence-corrected chi connectivity index (χ4v) is 8.04. The van der Waals surface area contributed by atoms with Crippen LogP contribution in [0.3, 0.4) is 0 Å². The maximum Gasteiger partial charge on any atom is 0.302 e. The Morgan fingerprint density at radius 3 is 2.62 bits per heavy atom. The molecule has 5 heteroatoms. The molecule has 8 atom stereocenters. The molecule has 0 bridgehead atoms. The fraction of sp³-hybridized carbons (Fsp3) is 0.792. The van der Waals surface area contributed by atoms with E-state index in [1.54, 1.807) is 6.92 Å².